The zero-order valence-electron chi connectivity index (χ0n) is 44.8. The Morgan fingerprint density at radius 2 is 1.51 bits per heavy atom. The lowest BCUT2D eigenvalue weighted by atomic mass is 9.80. The van der Waals surface area contributed by atoms with Crippen LogP contribution in [0.2, 0.25) is 0 Å². The number of hydroxylamine groups is 2. The molecule has 0 aromatic heterocycles. The molecule has 4 aliphatic rings. The first-order valence-corrected chi connectivity index (χ1v) is 25.4. The Kier molecular flexibility index (Phi) is 21.3. The molecule has 412 valence electrons. The van der Waals surface area contributed by atoms with Crippen molar-refractivity contribution in [1.29, 1.82) is 0 Å². The average Bonchev–Trinajstić information content (AvgIpc) is 3.35. The number of Topliss-reactive ketones (excluding diaryl/α,β-unsaturated/α-hetero) is 1. The number of esters is 1. The summed E-state index contributed by atoms with van der Waals surface area (Å²) in [6.45, 7) is 17.3. The molecule has 4 saturated heterocycles. The van der Waals surface area contributed by atoms with Gasteiger partial charge in [0.1, 0.15) is 30.3 Å². The fourth-order valence-electron chi connectivity index (χ4n) is 9.79. The topological polar surface area (TPSA) is 306 Å². The molecule has 4 heterocycles. The Morgan fingerprint density at radius 1 is 0.918 bits per heavy atom. The molecule has 73 heavy (non-hydrogen) atoms. The molecule has 4 aliphatic heterocycles. The maximum atomic E-state index is 15.3. The predicted molar refractivity (Wildman–Crippen MR) is 263 cm³/mol. The summed E-state index contributed by atoms with van der Waals surface area (Å²) in [6.07, 6.45) is -0.194. The standard InChI is InChI=1S/C50H82N8O15/c1-14-28(6)39(60)30(8)24-31(9)41-29(7)19-20-50(69,73-41)49(11,68)48(67)54-38-40(27(4)5)72-47(66)37(32(10)59)53-42(61)33-17-15-21-51-56(33)44(63)35(23-26(2)3)55(12)43(62)36(25-71-13)58(70)45(64)34-18-16-22-52-57(34)46(38)65/h14,24,26-27,29-30,32-38,40-41,51-52,59,68-70H,15-23,25H2,1-13H3,(H,53,61)(H,54,67)/b28-14+,31-24+. The highest BCUT2D eigenvalue weighted by molar-refractivity contribution is 5.98. The van der Waals surface area contributed by atoms with Crippen molar-refractivity contribution < 1.29 is 73.1 Å². The van der Waals surface area contributed by atoms with E-state index in [1.54, 1.807) is 39.8 Å². The molecule has 0 aliphatic carbocycles. The van der Waals surface area contributed by atoms with Gasteiger partial charge in [0.05, 0.1) is 18.8 Å². The van der Waals surface area contributed by atoms with Gasteiger partial charge in [-0.1, -0.05) is 53.7 Å². The SMILES string of the molecule is C/C=C(\C)C(=O)C(C)/C=C(\C)C1OC(O)(C(C)(O)C(=O)NC2C(=O)N3NCCCC3C(=O)N(O)C(COC)C(=O)N(C)C(CC(C)C)C(=O)N3NCCCC3C(=O)NC(C(C)O)C(=O)OC2C(C)C)CCC1C. The van der Waals surface area contributed by atoms with Crippen molar-refractivity contribution in [2.75, 3.05) is 33.9 Å². The van der Waals surface area contributed by atoms with Gasteiger partial charge in [-0.05, 0) is 102 Å². The number of aliphatic hydroxyl groups excluding tert-OH is 1. The van der Waals surface area contributed by atoms with Crippen molar-refractivity contribution in [3.8, 4) is 0 Å². The number of allylic oxidation sites excluding steroid dienone is 3. The van der Waals surface area contributed by atoms with Gasteiger partial charge in [0, 0.05) is 39.6 Å². The first-order valence-electron chi connectivity index (χ1n) is 25.4. The molecule has 13 unspecified atom stereocenters. The molecule has 0 bridgehead atoms. The number of rotatable bonds is 13. The number of hydrazine groups is 2. The van der Waals surface area contributed by atoms with Crippen LogP contribution in [0.3, 0.4) is 0 Å². The highest BCUT2D eigenvalue weighted by Gasteiger charge is 2.58. The van der Waals surface area contributed by atoms with E-state index in [4.69, 9.17) is 14.2 Å². The summed E-state index contributed by atoms with van der Waals surface area (Å²) >= 11 is 0. The van der Waals surface area contributed by atoms with Gasteiger partial charge < -0.3 is 45.1 Å². The van der Waals surface area contributed by atoms with Crippen LogP contribution in [-0.2, 0) is 52.6 Å². The van der Waals surface area contributed by atoms with E-state index in [-0.39, 0.29) is 74.3 Å². The fraction of sp³-hybridized carbons (Fsp3) is 0.760. The molecule has 23 nitrogen and oxygen atoms in total. The number of fused-ring (bicyclic) bond motifs is 2. The van der Waals surface area contributed by atoms with E-state index < -0.39 is 126 Å². The Balaban J connectivity index is 1.88. The van der Waals surface area contributed by atoms with E-state index in [0.717, 1.165) is 21.8 Å². The molecule has 4 rings (SSSR count). The number of nitrogens with zero attached hydrogens (tertiary/aromatic N) is 4. The summed E-state index contributed by atoms with van der Waals surface area (Å²) in [5, 5.41) is 54.3. The summed E-state index contributed by atoms with van der Waals surface area (Å²) in [7, 11) is 2.54. The van der Waals surface area contributed by atoms with Gasteiger partial charge >= 0.3 is 5.97 Å². The molecule has 0 aromatic carbocycles. The summed E-state index contributed by atoms with van der Waals surface area (Å²) in [4.78, 5) is 116. The number of amides is 6. The van der Waals surface area contributed by atoms with Crippen LogP contribution in [0, 0.1) is 23.7 Å². The van der Waals surface area contributed by atoms with Gasteiger partial charge in [-0.3, -0.25) is 48.8 Å². The summed E-state index contributed by atoms with van der Waals surface area (Å²) in [5.74, 6) is -12.2. The third kappa shape index (κ3) is 13.7. The fourth-order valence-corrected chi connectivity index (χ4v) is 9.79. The number of carbonyl (C=O) groups is 8. The minimum absolute atomic E-state index is 0.0684. The minimum atomic E-state index is -2.86. The van der Waals surface area contributed by atoms with Crippen LogP contribution in [0.15, 0.2) is 23.3 Å². The van der Waals surface area contributed by atoms with E-state index in [1.165, 1.54) is 34.9 Å². The number of ether oxygens (including phenoxy) is 3. The molecule has 23 heteroatoms. The lowest BCUT2D eigenvalue weighted by Crippen LogP contribution is -2.70. The normalized spacial score (nSPS) is 31.9. The summed E-state index contributed by atoms with van der Waals surface area (Å²) < 4.78 is 17.5. The lowest BCUT2D eigenvalue weighted by molar-refractivity contribution is -0.321. The number of hydrogen-bond acceptors (Lipinski definition) is 17. The van der Waals surface area contributed by atoms with Gasteiger partial charge in [-0.25, -0.2) is 20.7 Å². The molecule has 6 amide bonds. The third-order valence-electron chi connectivity index (χ3n) is 14.5. The van der Waals surface area contributed by atoms with Crippen LogP contribution in [0.4, 0.5) is 0 Å². The van der Waals surface area contributed by atoms with Crippen molar-refractivity contribution in [1.82, 2.24) is 41.5 Å². The van der Waals surface area contributed by atoms with Gasteiger partial charge in [-0.15, -0.1) is 0 Å². The molecule has 8 N–H and O–H groups in total. The van der Waals surface area contributed by atoms with E-state index in [9.17, 15) is 54.1 Å². The monoisotopic (exact) mass is 1030 g/mol. The van der Waals surface area contributed by atoms with Crippen molar-refractivity contribution >= 4 is 47.2 Å². The van der Waals surface area contributed by atoms with E-state index in [1.807, 2.05) is 20.8 Å². The van der Waals surface area contributed by atoms with Gasteiger partial charge in [0.15, 0.2) is 23.5 Å². The molecule has 0 spiro atoms. The second-order valence-electron chi connectivity index (χ2n) is 21.1. The summed E-state index contributed by atoms with van der Waals surface area (Å²) in [5.41, 5.74) is 4.01. The van der Waals surface area contributed by atoms with E-state index >= 15 is 4.79 Å². The number of carbonyl (C=O) groups excluding carboxylic acids is 8. The number of methoxy groups -OCH3 is 1. The van der Waals surface area contributed by atoms with Crippen molar-refractivity contribution in [3.63, 3.8) is 0 Å². The van der Waals surface area contributed by atoms with Crippen LogP contribution in [0.1, 0.15) is 121 Å². The van der Waals surface area contributed by atoms with Crippen LogP contribution in [-0.4, -0.2) is 188 Å². The smallest absolute Gasteiger partial charge is 0.331 e. The molecule has 0 saturated carbocycles. The van der Waals surface area contributed by atoms with Crippen LogP contribution in [0.25, 0.3) is 0 Å². The second-order valence-corrected chi connectivity index (χ2v) is 21.1. The highest BCUT2D eigenvalue weighted by Crippen LogP contribution is 2.41. The van der Waals surface area contributed by atoms with Crippen LogP contribution in [0.5, 0.6) is 0 Å². The molecular formula is C50H82N8O15. The number of likely N-dealkylation sites (N-methyl/N-ethyl adjacent to an activating group) is 1. The maximum Gasteiger partial charge on any atom is 0.331 e. The number of nitrogens with one attached hydrogen (secondary N) is 4. The number of aliphatic hydroxyl groups is 3. The van der Waals surface area contributed by atoms with Crippen LogP contribution >= 0.6 is 0 Å². The Bertz CT molecular complexity index is 2100. The Labute approximate surface area is 428 Å². The maximum absolute atomic E-state index is 15.3. The summed E-state index contributed by atoms with van der Waals surface area (Å²) in [6, 6.07) is -9.78. The van der Waals surface area contributed by atoms with E-state index in [0.29, 0.717) is 17.6 Å². The zero-order chi connectivity index (χ0) is 55.0. The minimum Gasteiger partial charge on any atom is -0.458 e. The Hall–Kier alpha value is -4.88. The van der Waals surface area contributed by atoms with Crippen molar-refractivity contribution in [2.24, 2.45) is 23.7 Å². The molecule has 13 atom stereocenters. The first-order chi connectivity index (χ1) is 34.1. The largest absolute Gasteiger partial charge is 0.458 e. The van der Waals surface area contributed by atoms with Crippen molar-refractivity contribution in [2.45, 2.75) is 187 Å². The average molecular weight is 1040 g/mol. The van der Waals surface area contributed by atoms with Gasteiger partial charge in [0.25, 0.3) is 29.5 Å². The van der Waals surface area contributed by atoms with Crippen LogP contribution < -0.4 is 21.5 Å². The number of cyclic esters (lactones) is 1. The molecule has 0 radical (unpaired) electrons. The second kappa shape index (κ2) is 25.6. The van der Waals surface area contributed by atoms with Gasteiger partial charge in [-0.2, -0.15) is 0 Å². The zero-order valence-corrected chi connectivity index (χ0v) is 44.8. The first kappa shape index (κ1) is 60.7. The Morgan fingerprint density at radius 3 is 2.05 bits per heavy atom. The van der Waals surface area contributed by atoms with Gasteiger partial charge in [0.2, 0.25) is 11.7 Å². The quantitative estimate of drug-likeness (QED) is 0.0536. The number of ketones is 1. The number of hydrogen-bond donors (Lipinski definition) is 8. The lowest BCUT2D eigenvalue weighted by Gasteiger charge is -2.48. The van der Waals surface area contributed by atoms with E-state index in [2.05, 4.69) is 21.5 Å². The molecular weight excluding hydrogens is 953 g/mol. The highest BCUT2D eigenvalue weighted by atomic mass is 16.7. The molecule has 0 aromatic rings. The van der Waals surface area contributed by atoms with Crippen molar-refractivity contribution in [3.05, 3.63) is 23.3 Å². The predicted octanol–water partition coefficient (Wildman–Crippen LogP) is 0.388. The molecule has 4 fully saturated rings. The third-order valence-corrected chi connectivity index (χ3v) is 14.5.